The standard InChI is InChI=1S/C38H40O8/c1-39-26-18-14-15-24(23-26)31-35(44-6)37(46-8)36(45-7)32(27-19-12-13-20-29(27)40-2)38(31,25-16-10-9-11-17-25)28-21-22-30(41-3)34(43-5)33(28)42-4/h9-23,31H,1-8H3. The predicted octanol–water partition coefficient (Wildman–Crippen LogP) is 7.38. The summed E-state index contributed by atoms with van der Waals surface area (Å²) in [5.41, 5.74) is 3.04. The maximum absolute atomic E-state index is 6.35. The molecule has 0 N–H and O–H groups in total. The van der Waals surface area contributed by atoms with Gasteiger partial charge in [-0.15, -0.1) is 0 Å². The van der Waals surface area contributed by atoms with Crippen molar-refractivity contribution in [3.8, 4) is 28.7 Å². The maximum atomic E-state index is 6.35. The highest BCUT2D eigenvalue weighted by Crippen LogP contribution is 2.64. The number of methoxy groups -OCH3 is 8. The maximum Gasteiger partial charge on any atom is 0.203 e. The van der Waals surface area contributed by atoms with Crippen LogP contribution in [0.3, 0.4) is 0 Å². The van der Waals surface area contributed by atoms with Crippen LogP contribution in [0.1, 0.15) is 28.2 Å². The molecule has 0 amide bonds. The fourth-order valence-corrected chi connectivity index (χ4v) is 6.75. The van der Waals surface area contributed by atoms with Crippen LogP contribution in [0, 0.1) is 0 Å². The fraction of sp³-hybridized carbons (Fsp3) is 0.263. The van der Waals surface area contributed by atoms with Gasteiger partial charge >= 0.3 is 0 Å². The monoisotopic (exact) mass is 624 g/mol. The van der Waals surface area contributed by atoms with Crippen LogP contribution in [0.15, 0.2) is 108 Å². The largest absolute Gasteiger partial charge is 0.497 e. The lowest BCUT2D eigenvalue weighted by Gasteiger charge is -2.48. The average Bonchev–Trinajstić information content (AvgIpc) is 3.12. The molecule has 0 bridgehead atoms. The van der Waals surface area contributed by atoms with Crippen molar-refractivity contribution >= 4 is 5.57 Å². The average molecular weight is 625 g/mol. The van der Waals surface area contributed by atoms with E-state index in [-0.39, 0.29) is 0 Å². The lowest BCUT2D eigenvalue weighted by atomic mass is 9.55. The number of benzene rings is 4. The zero-order chi connectivity index (χ0) is 32.8. The minimum atomic E-state index is -1.12. The number of allylic oxidation sites excluding steroid dienone is 2. The topological polar surface area (TPSA) is 73.8 Å². The van der Waals surface area contributed by atoms with Crippen LogP contribution < -0.4 is 23.7 Å². The third-order valence-electron chi connectivity index (χ3n) is 8.54. The van der Waals surface area contributed by atoms with E-state index in [2.05, 4.69) is 18.2 Å². The Hall–Kier alpha value is -5.24. The molecule has 0 saturated heterocycles. The highest BCUT2D eigenvalue weighted by atomic mass is 16.5. The van der Waals surface area contributed by atoms with Crippen molar-refractivity contribution in [3.63, 3.8) is 0 Å². The first-order chi connectivity index (χ1) is 22.5. The second-order valence-corrected chi connectivity index (χ2v) is 10.5. The van der Waals surface area contributed by atoms with Gasteiger partial charge in [-0.2, -0.15) is 0 Å². The quantitative estimate of drug-likeness (QED) is 0.162. The Labute approximate surface area is 270 Å². The molecule has 8 heteroatoms. The van der Waals surface area contributed by atoms with Gasteiger partial charge in [0, 0.05) is 16.7 Å². The summed E-state index contributed by atoms with van der Waals surface area (Å²) in [5.74, 6) is 3.70. The second kappa shape index (κ2) is 13.8. The Morgan fingerprint density at radius 1 is 0.500 bits per heavy atom. The Bertz CT molecular complexity index is 1740. The van der Waals surface area contributed by atoms with Gasteiger partial charge in [0.25, 0.3) is 0 Å². The van der Waals surface area contributed by atoms with Crippen LogP contribution in [-0.2, 0) is 19.6 Å². The van der Waals surface area contributed by atoms with Crippen molar-refractivity contribution < 1.29 is 37.9 Å². The van der Waals surface area contributed by atoms with Crippen LogP contribution in [-0.4, -0.2) is 56.9 Å². The van der Waals surface area contributed by atoms with Gasteiger partial charge < -0.3 is 37.9 Å². The number of para-hydroxylation sites is 1. The molecule has 4 aromatic carbocycles. The van der Waals surface area contributed by atoms with E-state index in [0.717, 1.165) is 27.8 Å². The van der Waals surface area contributed by atoms with E-state index in [1.54, 1.807) is 56.9 Å². The Balaban J connectivity index is 2.15. The molecular weight excluding hydrogens is 584 g/mol. The van der Waals surface area contributed by atoms with E-state index >= 15 is 0 Å². The predicted molar refractivity (Wildman–Crippen MR) is 177 cm³/mol. The minimum absolute atomic E-state index is 0.445. The summed E-state index contributed by atoms with van der Waals surface area (Å²) in [6.45, 7) is 0. The molecular formula is C38H40O8. The number of rotatable bonds is 12. The molecule has 0 aromatic heterocycles. The zero-order valence-corrected chi connectivity index (χ0v) is 27.5. The Kier molecular flexibility index (Phi) is 9.66. The van der Waals surface area contributed by atoms with E-state index in [1.807, 2.05) is 72.8 Å². The molecule has 0 saturated carbocycles. The first kappa shape index (κ1) is 32.2. The first-order valence-corrected chi connectivity index (χ1v) is 14.7. The highest BCUT2D eigenvalue weighted by molar-refractivity contribution is 5.90. The second-order valence-electron chi connectivity index (χ2n) is 10.5. The van der Waals surface area contributed by atoms with Crippen molar-refractivity contribution in [1.29, 1.82) is 0 Å². The van der Waals surface area contributed by atoms with Gasteiger partial charge in [0.2, 0.25) is 5.75 Å². The Morgan fingerprint density at radius 3 is 1.78 bits per heavy atom. The van der Waals surface area contributed by atoms with Gasteiger partial charge in [-0.1, -0.05) is 66.7 Å². The van der Waals surface area contributed by atoms with Crippen molar-refractivity contribution in [3.05, 3.63) is 131 Å². The van der Waals surface area contributed by atoms with Crippen LogP contribution >= 0.6 is 0 Å². The molecule has 1 aliphatic carbocycles. The first-order valence-electron chi connectivity index (χ1n) is 14.7. The molecule has 8 nitrogen and oxygen atoms in total. The number of hydrogen-bond acceptors (Lipinski definition) is 8. The lowest BCUT2D eigenvalue weighted by molar-refractivity contribution is 0.158. The smallest absolute Gasteiger partial charge is 0.203 e. The third-order valence-corrected chi connectivity index (χ3v) is 8.54. The van der Waals surface area contributed by atoms with Crippen LogP contribution in [0.4, 0.5) is 0 Å². The highest BCUT2D eigenvalue weighted by Gasteiger charge is 2.57. The van der Waals surface area contributed by atoms with Gasteiger partial charge in [-0.25, -0.2) is 0 Å². The summed E-state index contributed by atoms with van der Waals surface area (Å²) < 4.78 is 48.6. The summed E-state index contributed by atoms with van der Waals surface area (Å²) >= 11 is 0. The van der Waals surface area contributed by atoms with Gasteiger partial charge in [0.15, 0.2) is 28.8 Å². The summed E-state index contributed by atoms with van der Waals surface area (Å²) in [6.07, 6.45) is 0. The molecule has 5 rings (SSSR count). The van der Waals surface area contributed by atoms with E-state index in [0.29, 0.717) is 46.0 Å². The number of ether oxygens (including phenoxy) is 8. The fourth-order valence-electron chi connectivity index (χ4n) is 6.75. The molecule has 4 aromatic rings. The van der Waals surface area contributed by atoms with E-state index in [1.165, 1.54) is 0 Å². The molecule has 240 valence electrons. The molecule has 0 heterocycles. The minimum Gasteiger partial charge on any atom is -0.497 e. The summed E-state index contributed by atoms with van der Waals surface area (Å²) in [6, 6.07) is 29.9. The van der Waals surface area contributed by atoms with E-state index in [9.17, 15) is 0 Å². The van der Waals surface area contributed by atoms with Crippen molar-refractivity contribution in [2.24, 2.45) is 0 Å². The molecule has 0 spiro atoms. The van der Waals surface area contributed by atoms with Gasteiger partial charge in [0.1, 0.15) is 11.5 Å². The molecule has 0 fully saturated rings. The van der Waals surface area contributed by atoms with Gasteiger partial charge in [-0.05, 0) is 35.4 Å². The molecule has 2 atom stereocenters. The van der Waals surface area contributed by atoms with Gasteiger partial charge in [-0.3, -0.25) is 0 Å². The molecule has 0 aliphatic heterocycles. The third kappa shape index (κ3) is 5.04. The molecule has 46 heavy (non-hydrogen) atoms. The zero-order valence-electron chi connectivity index (χ0n) is 27.5. The molecule has 2 unspecified atom stereocenters. The van der Waals surface area contributed by atoms with Crippen LogP contribution in [0.25, 0.3) is 5.57 Å². The van der Waals surface area contributed by atoms with Crippen molar-refractivity contribution in [2.45, 2.75) is 11.3 Å². The van der Waals surface area contributed by atoms with Crippen molar-refractivity contribution in [1.82, 2.24) is 0 Å². The molecule has 1 aliphatic rings. The SMILES string of the molecule is COC1=C(OC)C(c2cccc(OC)c2)C(c2ccccc2)(c2ccc(OC)c(OC)c2OC)C(c2ccccc2OC)=C1OC. The van der Waals surface area contributed by atoms with Crippen LogP contribution in [0.5, 0.6) is 28.7 Å². The van der Waals surface area contributed by atoms with E-state index < -0.39 is 11.3 Å². The summed E-state index contributed by atoms with van der Waals surface area (Å²) in [5, 5.41) is 0. The Morgan fingerprint density at radius 2 is 1.17 bits per heavy atom. The van der Waals surface area contributed by atoms with Gasteiger partial charge in [0.05, 0.1) is 68.2 Å². The van der Waals surface area contributed by atoms with Crippen molar-refractivity contribution in [2.75, 3.05) is 56.9 Å². The lowest BCUT2D eigenvalue weighted by Crippen LogP contribution is -2.42. The summed E-state index contributed by atoms with van der Waals surface area (Å²) in [7, 11) is 13.0. The summed E-state index contributed by atoms with van der Waals surface area (Å²) in [4.78, 5) is 0. The normalized spacial score (nSPS) is 17.7. The molecule has 0 radical (unpaired) electrons. The van der Waals surface area contributed by atoms with Crippen LogP contribution in [0.2, 0.25) is 0 Å². The number of hydrogen-bond donors (Lipinski definition) is 0. The van der Waals surface area contributed by atoms with E-state index in [4.69, 9.17) is 37.9 Å².